The van der Waals surface area contributed by atoms with Gasteiger partial charge in [0.15, 0.2) is 0 Å². The first kappa shape index (κ1) is 14.0. The smallest absolute Gasteiger partial charge is 0.251 e. The molecule has 0 aliphatic heterocycles. The number of hydrogen-bond acceptors (Lipinski definition) is 3. The van der Waals surface area contributed by atoms with E-state index < -0.39 is 6.10 Å². The molecule has 1 unspecified atom stereocenters. The zero-order chi connectivity index (χ0) is 12.8. The average molecular weight is 302 g/mol. The van der Waals surface area contributed by atoms with Crippen LogP contribution in [0.4, 0.5) is 0 Å². The molecule has 2 N–H and O–H groups in total. The Hall–Kier alpha value is -1.07. The second kappa shape index (κ2) is 6.61. The second-order valence-electron chi connectivity index (χ2n) is 3.62. The van der Waals surface area contributed by atoms with Crippen molar-refractivity contribution in [3.05, 3.63) is 28.2 Å². The van der Waals surface area contributed by atoms with Gasteiger partial charge in [0.05, 0.1) is 17.7 Å². The summed E-state index contributed by atoms with van der Waals surface area (Å²) >= 11 is 3.31. The number of ether oxygens (including phenoxy) is 1. The highest BCUT2D eigenvalue weighted by Crippen LogP contribution is 2.25. The third kappa shape index (κ3) is 4.02. The standard InChI is InChI=1S/C12H16BrNO3/c1-3-9(15)7-14-12(16)8-4-5-11(17-2)10(13)6-8/h4-6,9,15H,3,7H2,1-2H3,(H,14,16). The van der Waals surface area contributed by atoms with Crippen LogP contribution < -0.4 is 10.1 Å². The number of benzene rings is 1. The van der Waals surface area contributed by atoms with Gasteiger partial charge in [-0.15, -0.1) is 0 Å². The Morgan fingerprint density at radius 2 is 2.29 bits per heavy atom. The van der Waals surface area contributed by atoms with Gasteiger partial charge in [-0.2, -0.15) is 0 Å². The fourth-order valence-corrected chi connectivity index (χ4v) is 1.81. The number of halogens is 1. The van der Waals surface area contributed by atoms with Crippen molar-refractivity contribution in [1.82, 2.24) is 5.32 Å². The van der Waals surface area contributed by atoms with Gasteiger partial charge in [0, 0.05) is 12.1 Å². The number of hydrogen-bond donors (Lipinski definition) is 2. The van der Waals surface area contributed by atoms with Gasteiger partial charge in [0.2, 0.25) is 0 Å². The van der Waals surface area contributed by atoms with Crippen LogP contribution in [-0.2, 0) is 0 Å². The van der Waals surface area contributed by atoms with E-state index in [1.54, 1.807) is 25.3 Å². The summed E-state index contributed by atoms with van der Waals surface area (Å²) in [6, 6.07) is 5.08. The maximum absolute atomic E-state index is 11.7. The highest BCUT2D eigenvalue weighted by atomic mass is 79.9. The number of rotatable bonds is 5. The van der Waals surface area contributed by atoms with Gasteiger partial charge in [-0.05, 0) is 40.5 Å². The summed E-state index contributed by atoms with van der Waals surface area (Å²) in [5, 5.41) is 12.0. The fourth-order valence-electron chi connectivity index (χ4n) is 1.26. The minimum absolute atomic E-state index is 0.208. The quantitative estimate of drug-likeness (QED) is 0.874. The summed E-state index contributed by atoms with van der Waals surface area (Å²) in [4.78, 5) is 11.7. The first-order valence-electron chi connectivity index (χ1n) is 5.38. The van der Waals surface area contributed by atoms with E-state index in [0.29, 0.717) is 17.7 Å². The Bertz CT molecular complexity index is 395. The zero-order valence-corrected chi connectivity index (χ0v) is 11.5. The number of methoxy groups -OCH3 is 1. The topological polar surface area (TPSA) is 58.6 Å². The van der Waals surface area contributed by atoms with Crippen LogP contribution in [0.25, 0.3) is 0 Å². The molecule has 94 valence electrons. The third-order valence-corrected chi connectivity index (χ3v) is 3.00. The molecule has 17 heavy (non-hydrogen) atoms. The van der Waals surface area contributed by atoms with E-state index in [9.17, 15) is 9.90 Å². The summed E-state index contributed by atoms with van der Waals surface area (Å²) in [6.45, 7) is 2.12. The maximum Gasteiger partial charge on any atom is 0.251 e. The van der Waals surface area contributed by atoms with Crippen molar-refractivity contribution in [3.63, 3.8) is 0 Å². The predicted octanol–water partition coefficient (Wildman–Crippen LogP) is 1.96. The van der Waals surface area contributed by atoms with Gasteiger partial charge in [-0.1, -0.05) is 6.92 Å². The predicted molar refractivity (Wildman–Crippen MR) is 69.3 cm³/mol. The van der Waals surface area contributed by atoms with E-state index in [1.807, 2.05) is 6.92 Å². The second-order valence-corrected chi connectivity index (χ2v) is 4.48. The molecule has 4 nitrogen and oxygen atoms in total. The number of nitrogens with one attached hydrogen (secondary N) is 1. The molecule has 0 aromatic heterocycles. The van der Waals surface area contributed by atoms with Crippen molar-refractivity contribution in [2.24, 2.45) is 0 Å². The molecule has 0 saturated carbocycles. The lowest BCUT2D eigenvalue weighted by Gasteiger charge is -2.10. The molecule has 0 fully saturated rings. The lowest BCUT2D eigenvalue weighted by molar-refractivity contribution is 0.0914. The highest BCUT2D eigenvalue weighted by molar-refractivity contribution is 9.10. The molecule has 0 spiro atoms. The normalized spacial score (nSPS) is 12.0. The molecular weight excluding hydrogens is 286 g/mol. The molecular formula is C12H16BrNO3. The maximum atomic E-state index is 11.7. The molecule has 1 aromatic carbocycles. The van der Waals surface area contributed by atoms with Gasteiger partial charge < -0.3 is 15.2 Å². The van der Waals surface area contributed by atoms with Crippen LogP contribution in [0, 0.1) is 0 Å². The van der Waals surface area contributed by atoms with E-state index in [-0.39, 0.29) is 12.5 Å². The molecule has 5 heteroatoms. The van der Waals surface area contributed by atoms with E-state index in [2.05, 4.69) is 21.2 Å². The Kier molecular flexibility index (Phi) is 5.44. The summed E-state index contributed by atoms with van der Waals surface area (Å²) < 4.78 is 5.80. The molecule has 0 bridgehead atoms. The van der Waals surface area contributed by atoms with Crippen LogP contribution in [-0.4, -0.2) is 30.8 Å². The Morgan fingerprint density at radius 1 is 1.59 bits per heavy atom. The van der Waals surface area contributed by atoms with Crippen LogP contribution in [0.1, 0.15) is 23.7 Å². The Labute approximate surface area is 109 Å². The average Bonchev–Trinajstić information content (AvgIpc) is 2.35. The molecule has 0 saturated heterocycles. The van der Waals surface area contributed by atoms with E-state index in [4.69, 9.17) is 4.74 Å². The minimum atomic E-state index is -0.499. The Balaban J connectivity index is 2.66. The van der Waals surface area contributed by atoms with Crippen molar-refractivity contribution in [3.8, 4) is 5.75 Å². The lowest BCUT2D eigenvalue weighted by atomic mass is 10.2. The first-order chi connectivity index (χ1) is 8.08. The van der Waals surface area contributed by atoms with Crippen molar-refractivity contribution in [2.75, 3.05) is 13.7 Å². The molecule has 1 rings (SSSR count). The molecule has 1 amide bonds. The van der Waals surface area contributed by atoms with Crippen LogP contribution in [0.3, 0.4) is 0 Å². The summed E-state index contributed by atoms with van der Waals surface area (Å²) in [5.74, 6) is 0.469. The van der Waals surface area contributed by atoms with Crippen molar-refractivity contribution < 1.29 is 14.6 Å². The molecule has 1 atom stereocenters. The van der Waals surface area contributed by atoms with Crippen LogP contribution in [0.5, 0.6) is 5.75 Å². The SMILES string of the molecule is CCC(O)CNC(=O)c1ccc(OC)c(Br)c1. The van der Waals surface area contributed by atoms with Crippen molar-refractivity contribution in [1.29, 1.82) is 0 Å². The number of carbonyl (C=O) groups excluding carboxylic acids is 1. The van der Waals surface area contributed by atoms with E-state index in [0.717, 1.165) is 4.47 Å². The van der Waals surface area contributed by atoms with Crippen molar-refractivity contribution in [2.45, 2.75) is 19.4 Å². The number of aliphatic hydroxyl groups is 1. The number of amides is 1. The summed E-state index contributed by atoms with van der Waals surface area (Å²) in [6.07, 6.45) is 0.118. The van der Waals surface area contributed by atoms with Crippen LogP contribution in [0.15, 0.2) is 22.7 Å². The van der Waals surface area contributed by atoms with Gasteiger partial charge in [0.1, 0.15) is 5.75 Å². The molecule has 0 heterocycles. The van der Waals surface area contributed by atoms with Crippen molar-refractivity contribution >= 4 is 21.8 Å². The largest absolute Gasteiger partial charge is 0.496 e. The van der Waals surface area contributed by atoms with Gasteiger partial charge in [0.25, 0.3) is 5.91 Å². The molecule has 0 aliphatic rings. The van der Waals surface area contributed by atoms with Gasteiger partial charge in [-0.3, -0.25) is 4.79 Å². The Morgan fingerprint density at radius 3 is 2.82 bits per heavy atom. The highest BCUT2D eigenvalue weighted by Gasteiger charge is 2.09. The number of carbonyl (C=O) groups is 1. The van der Waals surface area contributed by atoms with E-state index in [1.165, 1.54) is 0 Å². The van der Waals surface area contributed by atoms with Crippen LogP contribution in [0.2, 0.25) is 0 Å². The molecule has 0 radical (unpaired) electrons. The third-order valence-electron chi connectivity index (χ3n) is 2.38. The van der Waals surface area contributed by atoms with E-state index >= 15 is 0 Å². The first-order valence-corrected chi connectivity index (χ1v) is 6.17. The monoisotopic (exact) mass is 301 g/mol. The number of aliphatic hydroxyl groups excluding tert-OH is 1. The lowest BCUT2D eigenvalue weighted by Crippen LogP contribution is -2.31. The summed E-state index contributed by atoms with van der Waals surface area (Å²) in [7, 11) is 1.57. The summed E-state index contributed by atoms with van der Waals surface area (Å²) in [5.41, 5.74) is 0.529. The molecule has 0 aliphatic carbocycles. The fraction of sp³-hybridized carbons (Fsp3) is 0.417. The van der Waals surface area contributed by atoms with Gasteiger partial charge >= 0.3 is 0 Å². The zero-order valence-electron chi connectivity index (χ0n) is 9.87. The minimum Gasteiger partial charge on any atom is -0.496 e. The van der Waals surface area contributed by atoms with Crippen LogP contribution >= 0.6 is 15.9 Å². The van der Waals surface area contributed by atoms with Gasteiger partial charge in [-0.25, -0.2) is 0 Å². The molecule has 1 aromatic rings.